The summed E-state index contributed by atoms with van der Waals surface area (Å²) in [6, 6.07) is 0. The van der Waals surface area contributed by atoms with Crippen LogP contribution in [-0.2, 0) is 9.53 Å². The predicted octanol–water partition coefficient (Wildman–Crippen LogP) is 2.39. The first-order valence-corrected chi connectivity index (χ1v) is 6.02. The summed E-state index contributed by atoms with van der Waals surface area (Å²) in [5.74, 6) is 0.485. The SMILES string of the molecule is C=C(/C=C\C(=C/C)OC)CC1SC(=O)NC1=O. The second kappa shape index (κ2) is 6.30. The fraction of sp³-hybridized carbons (Fsp3) is 0.333. The molecule has 0 bridgehead atoms. The number of allylic oxidation sites excluding steroid dienone is 4. The Hall–Kier alpha value is -1.49. The Morgan fingerprint density at radius 1 is 1.53 bits per heavy atom. The van der Waals surface area contributed by atoms with Gasteiger partial charge >= 0.3 is 0 Å². The normalized spacial score (nSPS) is 20.8. The van der Waals surface area contributed by atoms with Gasteiger partial charge in [0.05, 0.1) is 12.4 Å². The fourth-order valence-corrected chi connectivity index (χ4v) is 2.20. The van der Waals surface area contributed by atoms with Gasteiger partial charge in [-0.05, 0) is 25.5 Å². The summed E-state index contributed by atoms with van der Waals surface area (Å²) in [4.78, 5) is 22.3. The molecule has 0 saturated carbocycles. The molecule has 1 N–H and O–H groups in total. The molecule has 4 nitrogen and oxygen atoms in total. The van der Waals surface area contributed by atoms with E-state index in [0.717, 1.165) is 23.1 Å². The van der Waals surface area contributed by atoms with Crippen molar-refractivity contribution in [2.75, 3.05) is 7.11 Å². The van der Waals surface area contributed by atoms with Crippen molar-refractivity contribution in [2.45, 2.75) is 18.6 Å². The van der Waals surface area contributed by atoms with E-state index in [0.29, 0.717) is 6.42 Å². The van der Waals surface area contributed by atoms with E-state index in [1.54, 1.807) is 19.3 Å². The van der Waals surface area contributed by atoms with Crippen LogP contribution < -0.4 is 5.32 Å². The standard InChI is InChI=1S/C12H15NO3S/c1-4-9(16-3)6-5-8(2)7-10-11(14)13-12(15)17-10/h4-6,10H,2,7H2,1,3H3,(H,13,14,15)/b6-5-,9-4+. The van der Waals surface area contributed by atoms with Crippen molar-refractivity contribution >= 4 is 22.9 Å². The van der Waals surface area contributed by atoms with Crippen LogP contribution in [0.2, 0.25) is 0 Å². The summed E-state index contributed by atoms with van der Waals surface area (Å²) in [5.41, 5.74) is 0.781. The van der Waals surface area contributed by atoms with E-state index in [-0.39, 0.29) is 16.4 Å². The third-order valence-corrected chi connectivity index (χ3v) is 3.20. The molecule has 1 atom stereocenters. The number of rotatable bonds is 5. The van der Waals surface area contributed by atoms with Crippen molar-refractivity contribution < 1.29 is 14.3 Å². The second-order valence-electron chi connectivity index (χ2n) is 3.47. The van der Waals surface area contributed by atoms with Gasteiger partial charge in [-0.3, -0.25) is 14.9 Å². The fourth-order valence-electron chi connectivity index (χ4n) is 1.32. The molecule has 1 rings (SSSR count). The molecule has 1 heterocycles. The molecule has 2 amide bonds. The number of nitrogens with one attached hydrogen (secondary N) is 1. The van der Waals surface area contributed by atoms with Crippen molar-refractivity contribution in [3.63, 3.8) is 0 Å². The molecule has 1 fully saturated rings. The number of carbonyl (C=O) groups is 2. The molecule has 0 radical (unpaired) electrons. The van der Waals surface area contributed by atoms with Crippen LogP contribution >= 0.6 is 11.8 Å². The molecular formula is C12H15NO3S. The van der Waals surface area contributed by atoms with Gasteiger partial charge in [-0.1, -0.05) is 30.0 Å². The zero-order valence-corrected chi connectivity index (χ0v) is 10.7. The average Bonchev–Trinajstić information content (AvgIpc) is 2.59. The second-order valence-corrected chi connectivity index (χ2v) is 4.65. The first-order chi connectivity index (χ1) is 8.06. The van der Waals surface area contributed by atoms with Crippen LogP contribution in [0, 0.1) is 0 Å². The zero-order chi connectivity index (χ0) is 12.8. The molecule has 0 spiro atoms. The molecule has 1 unspecified atom stereocenters. The van der Waals surface area contributed by atoms with Gasteiger partial charge in [0.25, 0.3) is 5.24 Å². The Kier molecular flexibility index (Phi) is 5.03. The monoisotopic (exact) mass is 253 g/mol. The van der Waals surface area contributed by atoms with Crippen LogP contribution in [0.1, 0.15) is 13.3 Å². The lowest BCUT2D eigenvalue weighted by molar-refractivity contribution is -0.118. The molecule has 0 aromatic carbocycles. The highest BCUT2D eigenvalue weighted by Gasteiger charge is 2.31. The Bertz CT molecular complexity index is 399. The van der Waals surface area contributed by atoms with Gasteiger partial charge in [-0.25, -0.2) is 0 Å². The summed E-state index contributed by atoms with van der Waals surface area (Å²) in [6.07, 6.45) is 5.85. The Morgan fingerprint density at radius 2 is 2.24 bits per heavy atom. The maximum absolute atomic E-state index is 11.3. The first kappa shape index (κ1) is 13.6. The molecule has 0 aromatic rings. The van der Waals surface area contributed by atoms with Gasteiger partial charge < -0.3 is 4.74 Å². The quantitative estimate of drug-likeness (QED) is 0.604. The minimum absolute atomic E-state index is 0.243. The first-order valence-electron chi connectivity index (χ1n) is 5.14. The van der Waals surface area contributed by atoms with Crippen molar-refractivity contribution in [1.29, 1.82) is 0 Å². The molecule has 1 aliphatic heterocycles. The number of thioether (sulfide) groups is 1. The lowest BCUT2D eigenvalue weighted by Crippen LogP contribution is -2.24. The highest BCUT2D eigenvalue weighted by Crippen LogP contribution is 2.25. The van der Waals surface area contributed by atoms with Crippen LogP contribution in [0.3, 0.4) is 0 Å². The third kappa shape index (κ3) is 4.11. The lowest BCUT2D eigenvalue weighted by atomic mass is 10.1. The number of hydrogen-bond acceptors (Lipinski definition) is 4. The molecule has 92 valence electrons. The summed E-state index contributed by atoms with van der Waals surface area (Å²) in [5, 5.41) is 1.59. The van der Waals surface area contributed by atoms with Gasteiger partial charge in [0.2, 0.25) is 5.91 Å². The average molecular weight is 253 g/mol. The van der Waals surface area contributed by atoms with Crippen molar-refractivity contribution in [3.05, 3.63) is 36.1 Å². The summed E-state index contributed by atoms with van der Waals surface area (Å²) in [6.45, 7) is 5.71. The number of methoxy groups -OCH3 is 1. The van der Waals surface area contributed by atoms with Crippen molar-refractivity contribution in [1.82, 2.24) is 5.32 Å². The van der Waals surface area contributed by atoms with E-state index in [1.807, 2.05) is 13.0 Å². The summed E-state index contributed by atoms with van der Waals surface area (Å²) < 4.78 is 5.05. The van der Waals surface area contributed by atoms with E-state index in [1.165, 1.54) is 0 Å². The summed E-state index contributed by atoms with van der Waals surface area (Å²) in [7, 11) is 1.58. The van der Waals surface area contributed by atoms with Crippen LogP contribution in [0.15, 0.2) is 36.1 Å². The highest BCUT2D eigenvalue weighted by atomic mass is 32.2. The van der Waals surface area contributed by atoms with E-state index < -0.39 is 0 Å². The van der Waals surface area contributed by atoms with Crippen LogP contribution in [0.25, 0.3) is 0 Å². The lowest BCUT2D eigenvalue weighted by Gasteiger charge is -2.04. The number of amides is 2. The highest BCUT2D eigenvalue weighted by molar-refractivity contribution is 8.15. The van der Waals surface area contributed by atoms with Crippen molar-refractivity contribution in [3.8, 4) is 0 Å². The minimum atomic E-state index is -0.365. The van der Waals surface area contributed by atoms with E-state index >= 15 is 0 Å². The van der Waals surface area contributed by atoms with Crippen LogP contribution in [0.4, 0.5) is 4.79 Å². The van der Waals surface area contributed by atoms with E-state index in [2.05, 4.69) is 11.9 Å². The maximum Gasteiger partial charge on any atom is 0.286 e. The zero-order valence-electron chi connectivity index (χ0n) is 9.86. The van der Waals surface area contributed by atoms with Crippen LogP contribution in [0.5, 0.6) is 0 Å². The molecule has 17 heavy (non-hydrogen) atoms. The van der Waals surface area contributed by atoms with Gasteiger partial charge in [0.15, 0.2) is 0 Å². The number of carbonyl (C=O) groups excluding carboxylic acids is 2. The molecule has 1 saturated heterocycles. The molecule has 1 aliphatic rings. The van der Waals surface area contributed by atoms with Gasteiger partial charge in [0, 0.05) is 0 Å². The van der Waals surface area contributed by atoms with Crippen LogP contribution in [-0.4, -0.2) is 23.5 Å². The topological polar surface area (TPSA) is 55.4 Å². The van der Waals surface area contributed by atoms with Crippen molar-refractivity contribution in [2.24, 2.45) is 0 Å². The molecule has 5 heteroatoms. The number of hydrogen-bond donors (Lipinski definition) is 1. The third-order valence-electron chi connectivity index (χ3n) is 2.22. The van der Waals surface area contributed by atoms with Gasteiger partial charge in [-0.15, -0.1) is 0 Å². The summed E-state index contributed by atoms with van der Waals surface area (Å²) >= 11 is 1.01. The van der Waals surface area contributed by atoms with E-state index in [9.17, 15) is 9.59 Å². The smallest absolute Gasteiger partial charge is 0.286 e. The predicted molar refractivity (Wildman–Crippen MR) is 68.6 cm³/mol. The van der Waals surface area contributed by atoms with E-state index in [4.69, 9.17) is 4.74 Å². The Balaban J connectivity index is 2.50. The Labute approximate surface area is 105 Å². The van der Waals surface area contributed by atoms with Gasteiger partial charge in [-0.2, -0.15) is 0 Å². The number of ether oxygens (including phenoxy) is 1. The molecular weight excluding hydrogens is 238 g/mol. The number of imide groups is 1. The largest absolute Gasteiger partial charge is 0.497 e. The maximum atomic E-state index is 11.3. The minimum Gasteiger partial charge on any atom is -0.497 e. The molecule has 0 aliphatic carbocycles. The van der Waals surface area contributed by atoms with Gasteiger partial charge in [0.1, 0.15) is 5.76 Å². The Morgan fingerprint density at radius 3 is 2.71 bits per heavy atom. The molecule has 0 aromatic heterocycles.